The van der Waals surface area contributed by atoms with Gasteiger partial charge in [-0.2, -0.15) is 9.90 Å². The van der Waals surface area contributed by atoms with Crippen LogP contribution in [-0.2, 0) is 6.54 Å². The number of hydrogen-bond acceptors (Lipinski definition) is 8. The number of carbonyl (C=O) groups excluding carboxylic acids is 1. The SMILES string of the molecule is COc1cc(OC)c(OC)cc1/C=N/NC(=O)c1ccc(Cn2nnc(-c3ccccc3)n2)cc1. The smallest absolute Gasteiger partial charge is 0.271 e. The van der Waals surface area contributed by atoms with Crippen molar-refractivity contribution in [2.45, 2.75) is 6.54 Å². The van der Waals surface area contributed by atoms with Gasteiger partial charge in [-0.15, -0.1) is 10.2 Å². The van der Waals surface area contributed by atoms with Crippen LogP contribution < -0.4 is 19.6 Å². The average molecular weight is 473 g/mol. The lowest BCUT2D eigenvalue weighted by atomic mass is 10.1. The lowest BCUT2D eigenvalue weighted by Crippen LogP contribution is -2.17. The number of amides is 1. The highest BCUT2D eigenvalue weighted by Gasteiger charge is 2.11. The summed E-state index contributed by atoms with van der Waals surface area (Å²) in [6.45, 7) is 0.430. The van der Waals surface area contributed by atoms with E-state index in [1.165, 1.54) is 25.2 Å². The molecule has 178 valence electrons. The van der Waals surface area contributed by atoms with E-state index in [0.29, 0.717) is 40.7 Å². The first-order valence-electron chi connectivity index (χ1n) is 10.7. The molecule has 0 aliphatic rings. The minimum atomic E-state index is -0.350. The molecule has 0 radical (unpaired) electrons. The number of rotatable bonds is 9. The summed E-state index contributed by atoms with van der Waals surface area (Å²) in [5, 5.41) is 16.7. The maximum Gasteiger partial charge on any atom is 0.271 e. The molecule has 1 amide bonds. The van der Waals surface area contributed by atoms with Gasteiger partial charge in [0, 0.05) is 22.8 Å². The summed E-state index contributed by atoms with van der Waals surface area (Å²) in [7, 11) is 4.62. The van der Waals surface area contributed by atoms with Crippen LogP contribution >= 0.6 is 0 Å². The Labute approximate surface area is 202 Å². The van der Waals surface area contributed by atoms with Gasteiger partial charge in [0.1, 0.15) is 5.75 Å². The van der Waals surface area contributed by atoms with Crippen LogP contribution in [0.15, 0.2) is 71.8 Å². The Bertz CT molecular complexity index is 1320. The topological polar surface area (TPSA) is 113 Å². The van der Waals surface area contributed by atoms with Gasteiger partial charge >= 0.3 is 0 Å². The van der Waals surface area contributed by atoms with Crippen LogP contribution in [0.4, 0.5) is 0 Å². The Balaban J connectivity index is 1.38. The molecule has 0 saturated heterocycles. The predicted molar refractivity (Wildman–Crippen MR) is 130 cm³/mol. The number of nitrogens with zero attached hydrogens (tertiary/aromatic N) is 5. The van der Waals surface area contributed by atoms with Gasteiger partial charge in [-0.25, -0.2) is 5.43 Å². The second-order valence-electron chi connectivity index (χ2n) is 7.35. The number of tetrazole rings is 1. The van der Waals surface area contributed by atoms with E-state index in [0.717, 1.165) is 11.1 Å². The lowest BCUT2D eigenvalue weighted by molar-refractivity contribution is 0.0955. The Hall–Kier alpha value is -4.73. The largest absolute Gasteiger partial charge is 0.496 e. The molecule has 3 aromatic carbocycles. The van der Waals surface area contributed by atoms with Crippen molar-refractivity contribution >= 4 is 12.1 Å². The fourth-order valence-corrected chi connectivity index (χ4v) is 3.32. The number of methoxy groups -OCH3 is 3. The second kappa shape index (κ2) is 10.9. The molecule has 1 heterocycles. The zero-order valence-electron chi connectivity index (χ0n) is 19.5. The molecule has 1 aromatic heterocycles. The van der Waals surface area contributed by atoms with Crippen molar-refractivity contribution in [2.75, 3.05) is 21.3 Å². The minimum Gasteiger partial charge on any atom is -0.496 e. The zero-order valence-corrected chi connectivity index (χ0v) is 19.5. The van der Waals surface area contributed by atoms with Gasteiger partial charge in [0.2, 0.25) is 5.82 Å². The third kappa shape index (κ3) is 5.61. The third-order valence-electron chi connectivity index (χ3n) is 5.13. The van der Waals surface area contributed by atoms with Gasteiger partial charge < -0.3 is 14.2 Å². The molecule has 10 heteroatoms. The van der Waals surface area contributed by atoms with Crippen molar-refractivity contribution in [3.8, 4) is 28.6 Å². The number of aromatic nitrogens is 4. The van der Waals surface area contributed by atoms with E-state index in [9.17, 15) is 4.79 Å². The molecular weight excluding hydrogens is 448 g/mol. The average Bonchev–Trinajstić information content (AvgIpc) is 3.37. The van der Waals surface area contributed by atoms with Crippen LogP contribution in [0.5, 0.6) is 17.2 Å². The molecule has 0 aliphatic heterocycles. The van der Waals surface area contributed by atoms with Gasteiger partial charge in [-0.05, 0) is 29.0 Å². The number of hydrazone groups is 1. The highest BCUT2D eigenvalue weighted by atomic mass is 16.5. The molecule has 4 rings (SSSR count). The van der Waals surface area contributed by atoms with Gasteiger partial charge in [0.05, 0.1) is 34.1 Å². The monoisotopic (exact) mass is 472 g/mol. The first kappa shape index (κ1) is 23.4. The molecule has 0 bridgehead atoms. The van der Waals surface area contributed by atoms with E-state index in [4.69, 9.17) is 14.2 Å². The second-order valence-corrected chi connectivity index (χ2v) is 7.35. The standard InChI is InChI=1S/C25H24N6O4/c1-33-21-14-23(35-3)22(34-2)13-20(21)15-26-28-25(32)19-11-9-17(10-12-19)16-31-29-24(27-30-31)18-7-5-4-6-8-18/h4-15H,16H2,1-3H3,(H,28,32)/b26-15+. The molecule has 4 aromatic rings. The van der Waals surface area contributed by atoms with Gasteiger partial charge in [0.25, 0.3) is 5.91 Å². The summed E-state index contributed by atoms with van der Waals surface area (Å²) in [6, 6.07) is 20.1. The van der Waals surface area contributed by atoms with E-state index in [1.807, 2.05) is 42.5 Å². The third-order valence-corrected chi connectivity index (χ3v) is 5.13. The number of hydrogen-bond donors (Lipinski definition) is 1. The fourth-order valence-electron chi connectivity index (χ4n) is 3.32. The fraction of sp³-hybridized carbons (Fsp3) is 0.160. The first-order valence-corrected chi connectivity index (χ1v) is 10.7. The highest BCUT2D eigenvalue weighted by Crippen LogP contribution is 2.33. The normalized spacial score (nSPS) is 10.8. The molecule has 0 aliphatic carbocycles. The summed E-state index contributed by atoms with van der Waals surface area (Å²) in [5.74, 6) is 1.79. The quantitative estimate of drug-likeness (QED) is 0.294. The lowest BCUT2D eigenvalue weighted by Gasteiger charge is -2.11. The van der Waals surface area contributed by atoms with Crippen LogP contribution in [0.25, 0.3) is 11.4 Å². The number of carbonyl (C=O) groups is 1. The van der Waals surface area contributed by atoms with Crippen LogP contribution in [0.3, 0.4) is 0 Å². The Morgan fingerprint density at radius 1 is 0.943 bits per heavy atom. The molecule has 35 heavy (non-hydrogen) atoms. The Morgan fingerprint density at radius 3 is 2.31 bits per heavy atom. The molecule has 0 unspecified atom stereocenters. The molecular formula is C25H24N6O4. The number of nitrogens with one attached hydrogen (secondary N) is 1. The highest BCUT2D eigenvalue weighted by molar-refractivity contribution is 5.95. The summed E-state index contributed by atoms with van der Waals surface area (Å²) in [4.78, 5) is 14.0. The van der Waals surface area contributed by atoms with Crippen molar-refractivity contribution in [3.63, 3.8) is 0 Å². The molecule has 10 nitrogen and oxygen atoms in total. The van der Waals surface area contributed by atoms with Crippen molar-refractivity contribution in [2.24, 2.45) is 5.10 Å². The first-order chi connectivity index (χ1) is 17.1. The number of ether oxygens (including phenoxy) is 3. The van der Waals surface area contributed by atoms with Gasteiger partial charge in [0.15, 0.2) is 11.5 Å². The molecule has 0 fully saturated rings. The van der Waals surface area contributed by atoms with Crippen LogP contribution in [0.1, 0.15) is 21.5 Å². The minimum absolute atomic E-state index is 0.350. The van der Waals surface area contributed by atoms with Crippen LogP contribution in [0, 0.1) is 0 Å². The summed E-state index contributed by atoms with van der Waals surface area (Å²) < 4.78 is 15.9. The van der Waals surface area contributed by atoms with Gasteiger partial charge in [-0.1, -0.05) is 42.5 Å². The maximum absolute atomic E-state index is 12.5. The van der Waals surface area contributed by atoms with Crippen molar-refractivity contribution < 1.29 is 19.0 Å². The predicted octanol–water partition coefficient (Wildman–Crippen LogP) is 3.18. The van der Waals surface area contributed by atoms with E-state index in [-0.39, 0.29) is 5.91 Å². The van der Waals surface area contributed by atoms with Gasteiger partial charge in [-0.3, -0.25) is 4.79 Å². The number of benzene rings is 3. The molecule has 0 atom stereocenters. The van der Waals surface area contributed by atoms with Crippen molar-refractivity contribution in [3.05, 3.63) is 83.4 Å². The van der Waals surface area contributed by atoms with E-state index < -0.39 is 0 Å². The molecule has 0 saturated carbocycles. The maximum atomic E-state index is 12.5. The van der Waals surface area contributed by atoms with Crippen molar-refractivity contribution in [1.29, 1.82) is 0 Å². The van der Waals surface area contributed by atoms with Crippen LogP contribution in [0.2, 0.25) is 0 Å². The van der Waals surface area contributed by atoms with Crippen molar-refractivity contribution in [1.82, 2.24) is 25.6 Å². The summed E-state index contributed by atoms with van der Waals surface area (Å²) in [6.07, 6.45) is 1.48. The zero-order chi connectivity index (χ0) is 24.6. The van der Waals surface area contributed by atoms with E-state index in [2.05, 4.69) is 25.9 Å². The van der Waals surface area contributed by atoms with Crippen LogP contribution in [-0.4, -0.2) is 53.7 Å². The van der Waals surface area contributed by atoms with E-state index >= 15 is 0 Å². The Morgan fingerprint density at radius 2 is 1.63 bits per heavy atom. The summed E-state index contributed by atoms with van der Waals surface area (Å²) >= 11 is 0. The molecule has 0 spiro atoms. The van der Waals surface area contributed by atoms with E-state index in [1.54, 1.807) is 31.4 Å². The Kier molecular flexibility index (Phi) is 7.31. The summed E-state index contributed by atoms with van der Waals surface area (Å²) in [5.41, 5.74) is 5.43. The molecule has 1 N–H and O–H groups in total.